The molecule has 2 heterocycles. The van der Waals surface area contributed by atoms with Crippen molar-refractivity contribution in [3.05, 3.63) is 11.8 Å². The minimum atomic E-state index is -3.79. The molecule has 0 radical (unpaired) electrons. The van der Waals surface area contributed by atoms with Crippen molar-refractivity contribution in [1.82, 2.24) is 5.16 Å². The summed E-state index contributed by atoms with van der Waals surface area (Å²) in [5.41, 5.74) is 0.0772. The summed E-state index contributed by atoms with van der Waals surface area (Å²) in [6.45, 7) is -0.123. The minimum Gasteiger partial charge on any atom is -0.337 e. The summed E-state index contributed by atoms with van der Waals surface area (Å²) in [4.78, 5) is 12.7. The predicted octanol–water partition coefficient (Wildman–Crippen LogP) is -1.06. The first kappa shape index (κ1) is 11.6. The van der Waals surface area contributed by atoms with Gasteiger partial charge in [-0.05, 0) is 0 Å². The Bertz CT molecular complexity index is 599. The van der Waals surface area contributed by atoms with Crippen LogP contribution in [-0.4, -0.2) is 31.3 Å². The van der Waals surface area contributed by atoms with Gasteiger partial charge in [-0.25, -0.2) is 13.6 Å². The number of amides is 1. The molecule has 0 aromatic carbocycles. The van der Waals surface area contributed by atoms with Crippen LogP contribution in [0.25, 0.3) is 0 Å². The molecule has 1 saturated heterocycles. The van der Waals surface area contributed by atoms with Crippen LogP contribution in [0, 0.1) is 11.3 Å². The van der Waals surface area contributed by atoms with E-state index in [4.69, 9.17) is 14.9 Å². The highest BCUT2D eigenvalue weighted by molar-refractivity contribution is 7.89. The minimum absolute atomic E-state index is 0.0383. The second-order valence-electron chi connectivity index (χ2n) is 3.58. The molecular weight excluding hydrogens is 248 g/mol. The number of carbonyl (C=O) groups is 1. The fourth-order valence-corrected chi connectivity index (χ4v) is 2.33. The van der Waals surface area contributed by atoms with E-state index in [9.17, 15) is 13.2 Å². The Hall–Kier alpha value is -1.92. The number of anilines is 1. The highest BCUT2D eigenvalue weighted by Gasteiger charge is 2.39. The molecule has 17 heavy (non-hydrogen) atoms. The van der Waals surface area contributed by atoms with E-state index in [1.807, 2.05) is 0 Å². The maximum Gasteiger partial charge on any atom is 0.251 e. The fraction of sp³-hybridized carbons (Fsp3) is 0.375. The summed E-state index contributed by atoms with van der Waals surface area (Å²) >= 11 is 0. The van der Waals surface area contributed by atoms with Crippen molar-refractivity contribution in [3.8, 4) is 6.07 Å². The summed E-state index contributed by atoms with van der Waals surface area (Å²) < 4.78 is 27.0. The first-order valence-corrected chi connectivity index (χ1v) is 6.21. The number of nitrogens with zero attached hydrogens (tertiary/aromatic N) is 3. The Morgan fingerprint density at radius 1 is 1.65 bits per heavy atom. The third-order valence-corrected chi connectivity index (χ3v) is 3.72. The molecule has 8 nitrogen and oxygen atoms in total. The van der Waals surface area contributed by atoms with Crippen LogP contribution in [0.4, 0.5) is 5.88 Å². The zero-order chi connectivity index (χ0) is 12.6. The zero-order valence-electron chi connectivity index (χ0n) is 8.53. The molecule has 1 fully saturated rings. The maximum absolute atomic E-state index is 11.6. The first-order valence-electron chi connectivity index (χ1n) is 4.60. The van der Waals surface area contributed by atoms with E-state index < -0.39 is 21.2 Å². The normalized spacial score (nSPS) is 20.6. The topological polar surface area (TPSA) is 130 Å². The van der Waals surface area contributed by atoms with Crippen molar-refractivity contribution in [2.24, 2.45) is 5.14 Å². The lowest BCUT2D eigenvalue weighted by molar-refractivity contribution is -0.117. The van der Waals surface area contributed by atoms with Gasteiger partial charge in [-0.15, -0.1) is 0 Å². The van der Waals surface area contributed by atoms with Gasteiger partial charge in [-0.2, -0.15) is 5.26 Å². The smallest absolute Gasteiger partial charge is 0.251 e. The summed E-state index contributed by atoms with van der Waals surface area (Å²) in [6, 6.07) is 1.80. The Morgan fingerprint density at radius 3 is 2.88 bits per heavy atom. The number of rotatable bonds is 2. The molecule has 0 bridgehead atoms. The van der Waals surface area contributed by atoms with Crippen LogP contribution in [0.2, 0.25) is 0 Å². The molecule has 0 aliphatic carbocycles. The average Bonchev–Trinajstić information content (AvgIpc) is 2.81. The van der Waals surface area contributed by atoms with Gasteiger partial charge in [-0.1, -0.05) is 5.16 Å². The second-order valence-corrected chi connectivity index (χ2v) is 5.42. The number of carbonyl (C=O) groups excluding carboxylic acids is 1. The third kappa shape index (κ3) is 2.00. The lowest BCUT2D eigenvalue weighted by Crippen LogP contribution is -2.32. The Morgan fingerprint density at radius 2 is 2.35 bits per heavy atom. The maximum atomic E-state index is 11.6. The van der Waals surface area contributed by atoms with E-state index >= 15 is 0 Å². The van der Waals surface area contributed by atoms with Crippen LogP contribution in [0.3, 0.4) is 0 Å². The third-order valence-electron chi connectivity index (χ3n) is 2.47. The molecular formula is C8H8N4O4S. The first-order chi connectivity index (χ1) is 7.93. The molecule has 1 amide bonds. The van der Waals surface area contributed by atoms with Crippen LogP contribution < -0.4 is 10.0 Å². The average molecular weight is 256 g/mol. The van der Waals surface area contributed by atoms with E-state index in [0.29, 0.717) is 0 Å². The lowest BCUT2D eigenvalue weighted by atomic mass is 10.3. The molecule has 2 rings (SSSR count). The van der Waals surface area contributed by atoms with Gasteiger partial charge in [0, 0.05) is 13.0 Å². The molecule has 2 N–H and O–H groups in total. The summed E-state index contributed by atoms with van der Waals surface area (Å²) in [5.74, 6) is -0.499. The van der Waals surface area contributed by atoms with Crippen molar-refractivity contribution in [2.75, 3.05) is 11.4 Å². The highest BCUT2D eigenvalue weighted by Crippen LogP contribution is 2.26. The fourth-order valence-electron chi connectivity index (χ4n) is 1.60. The summed E-state index contributed by atoms with van der Waals surface area (Å²) in [7, 11) is -3.79. The number of nitrogens with two attached hydrogens (primary N) is 1. The Kier molecular flexibility index (Phi) is 2.60. The van der Waals surface area contributed by atoms with Gasteiger partial charge in [0.2, 0.25) is 15.9 Å². The Labute approximate surface area is 96.6 Å². The summed E-state index contributed by atoms with van der Waals surface area (Å²) in [5, 5.41) is 16.1. The number of aromatic nitrogens is 1. The number of nitriles is 1. The Balaban J connectivity index is 2.32. The van der Waals surface area contributed by atoms with Crippen LogP contribution in [0.1, 0.15) is 12.0 Å². The number of primary sulfonamides is 1. The monoisotopic (exact) mass is 256 g/mol. The van der Waals surface area contributed by atoms with E-state index in [1.54, 1.807) is 6.07 Å². The van der Waals surface area contributed by atoms with Gasteiger partial charge in [0.05, 0.1) is 6.20 Å². The van der Waals surface area contributed by atoms with Gasteiger partial charge < -0.3 is 4.52 Å². The molecule has 1 aliphatic rings. The lowest BCUT2D eigenvalue weighted by Gasteiger charge is -2.11. The van der Waals surface area contributed by atoms with Crippen LogP contribution in [0.15, 0.2) is 10.7 Å². The van der Waals surface area contributed by atoms with E-state index in [0.717, 1.165) is 11.1 Å². The largest absolute Gasteiger partial charge is 0.337 e. The standard InChI is InChI=1S/C8H8N4O4S/c9-2-5-3-11-16-8(5)12-4-6(1-7(12)13)17(10,14)15/h3,6H,1,4H2,(H2,10,14,15). The van der Waals surface area contributed by atoms with E-state index in [1.165, 1.54) is 0 Å². The van der Waals surface area contributed by atoms with Crippen molar-refractivity contribution >= 4 is 21.8 Å². The summed E-state index contributed by atoms with van der Waals surface area (Å²) in [6.07, 6.45) is 0.942. The van der Waals surface area contributed by atoms with Crippen molar-refractivity contribution in [2.45, 2.75) is 11.7 Å². The SMILES string of the molecule is N#Cc1cnoc1N1CC(S(N)(=O)=O)CC1=O. The zero-order valence-corrected chi connectivity index (χ0v) is 9.35. The molecule has 1 aromatic rings. The van der Waals surface area contributed by atoms with Crippen molar-refractivity contribution in [1.29, 1.82) is 5.26 Å². The van der Waals surface area contributed by atoms with Gasteiger partial charge in [-0.3, -0.25) is 9.69 Å². The van der Waals surface area contributed by atoms with Crippen LogP contribution in [-0.2, 0) is 14.8 Å². The van der Waals surface area contributed by atoms with Gasteiger partial charge in [0.1, 0.15) is 16.9 Å². The van der Waals surface area contributed by atoms with Crippen molar-refractivity contribution < 1.29 is 17.7 Å². The molecule has 1 aliphatic heterocycles. The number of hydrogen-bond acceptors (Lipinski definition) is 6. The molecule has 1 aromatic heterocycles. The molecule has 90 valence electrons. The van der Waals surface area contributed by atoms with Gasteiger partial charge >= 0.3 is 0 Å². The molecule has 1 atom stereocenters. The number of sulfonamides is 1. The molecule has 0 saturated carbocycles. The van der Waals surface area contributed by atoms with E-state index in [-0.39, 0.29) is 24.4 Å². The second kappa shape index (κ2) is 3.83. The quantitative estimate of drug-likeness (QED) is 0.717. The molecule has 0 spiro atoms. The predicted molar refractivity (Wildman–Crippen MR) is 55.1 cm³/mol. The van der Waals surface area contributed by atoms with Gasteiger partial charge in [0.15, 0.2) is 0 Å². The van der Waals surface area contributed by atoms with Crippen LogP contribution in [0.5, 0.6) is 0 Å². The van der Waals surface area contributed by atoms with E-state index in [2.05, 4.69) is 5.16 Å². The van der Waals surface area contributed by atoms with Crippen molar-refractivity contribution in [3.63, 3.8) is 0 Å². The van der Waals surface area contributed by atoms with Crippen LogP contribution >= 0.6 is 0 Å². The highest BCUT2D eigenvalue weighted by atomic mass is 32.2. The number of hydrogen-bond donors (Lipinski definition) is 1. The molecule has 9 heteroatoms. The van der Waals surface area contributed by atoms with Gasteiger partial charge in [0.25, 0.3) is 5.88 Å². The molecule has 1 unspecified atom stereocenters.